The second-order valence-electron chi connectivity index (χ2n) is 5.09. The molecule has 0 aliphatic heterocycles. The summed E-state index contributed by atoms with van der Waals surface area (Å²) in [6.45, 7) is 7.54. The van der Waals surface area contributed by atoms with E-state index >= 15 is 0 Å². The Bertz CT molecular complexity index is 802. The van der Waals surface area contributed by atoms with Crippen LogP contribution >= 0.6 is 23.4 Å². The molecule has 0 bridgehead atoms. The van der Waals surface area contributed by atoms with Crippen molar-refractivity contribution in [1.82, 2.24) is 9.55 Å². The third-order valence-electron chi connectivity index (χ3n) is 2.88. The van der Waals surface area contributed by atoms with Gasteiger partial charge in [-0.25, -0.2) is 4.98 Å². The van der Waals surface area contributed by atoms with Crippen molar-refractivity contribution in [3.05, 3.63) is 46.2 Å². The largest absolute Gasteiger partial charge is 0.462 e. The third kappa shape index (κ3) is 4.36. The Hall–Kier alpha value is -1.79. The summed E-state index contributed by atoms with van der Waals surface area (Å²) in [7, 11) is 0. The highest BCUT2D eigenvalue weighted by Gasteiger charge is 2.14. The average Bonchev–Trinajstić information content (AvgIpc) is 2.47. The molecule has 0 spiro atoms. The van der Waals surface area contributed by atoms with E-state index in [1.165, 1.54) is 4.57 Å². The zero-order chi connectivity index (χ0) is 17.0. The van der Waals surface area contributed by atoms with Crippen molar-refractivity contribution in [3.8, 4) is 0 Å². The van der Waals surface area contributed by atoms with Crippen LogP contribution < -0.4 is 5.56 Å². The maximum Gasteiger partial charge on any atom is 0.316 e. The molecule has 122 valence electrons. The number of nitrogens with zero attached hydrogens (tertiary/aromatic N) is 2. The lowest BCUT2D eigenvalue weighted by Gasteiger charge is -2.12. The first-order valence-corrected chi connectivity index (χ1v) is 8.42. The number of aromatic nitrogens is 2. The van der Waals surface area contributed by atoms with Crippen LogP contribution in [-0.4, -0.2) is 27.4 Å². The van der Waals surface area contributed by atoms with Gasteiger partial charge in [0.15, 0.2) is 5.16 Å². The molecule has 0 radical (unpaired) electrons. The molecule has 0 saturated carbocycles. The fourth-order valence-electron chi connectivity index (χ4n) is 1.99. The molecule has 23 heavy (non-hydrogen) atoms. The van der Waals surface area contributed by atoms with Crippen LogP contribution in [0.1, 0.15) is 13.8 Å². The molecule has 2 rings (SSSR count). The number of thioether (sulfide) groups is 1. The zero-order valence-electron chi connectivity index (χ0n) is 12.9. The van der Waals surface area contributed by atoms with E-state index in [0.717, 1.165) is 11.8 Å². The van der Waals surface area contributed by atoms with Crippen molar-refractivity contribution in [1.29, 1.82) is 0 Å². The monoisotopic (exact) mass is 352 g/mol. The highest BCUT2D eigenvalue weighted by atomic mass is 35.5. The molecule has 0 saturated heterocycles. The number of hydrogen-bond donors (Lipinski definition) is 0. The molecule has 0 fully saturated rings. The van der Waals surface area contributed by atoms with E-state index in [1.54, 1.807) is 38.1 Å². The van der Waals surface area contributed by atoms with Gasteiger partial charge >= 0.3 is 5.97 Å². The Morgan fingerprint density at radius 3 is 2.91 bits per heavy atom. The van der Waals surface area contributed by atoms with Gasteiger partial charge in [-0.1, -0.05) is 29.4 Å². The van der Waals surface area contributed by atoms with Crippen LogP contribution in [0.2, 0.25) is 5.02 Å². The Labute approximate surface area is 143 Å². The molecule has 0 amide bonds. The number of fused-ring (bicyclic) bond motifs is 1. The summed E-state index contributed by atoms with van der Waals surface area (Å²) < 4.78 is 6.58. The molecule has 1 aromatic heterocycles. The second-order valence-corrected chi connectivity index (χ2v) is 6.47. The molecule has 0 aliphatic carbocycles. The summed E-state index contributed by atoms with van der Waals surface area (Å²) in [5, 5.41) is 1.41. The topological polar surface area (TPSA) is 61.2 Å². The number of carbonyl (C=O) groups is 1. The predicted octanol–water partition coefficient (Wildman–Crippen LogP) is 3.28. The molecule has 5 nitrogen and oxygen atoms in total. The number of allylic oxidation sites excluding steroid dienone is 1. The van der Waals surface area contributed by atoms with Crippen molar-refractivity contribution in [2.45, 2.75) is 31.7 Å². The van der Waals surface area contributed by atoms with Gasteiger partial charge in [0.1, 0.15) is 0 Å². The van der Waals surface area contributed by atoms with Crippen molar-refractivity contribution in [2.75, 3.05) is 5.75 Å². The lowest BCUT2D eigenvalue weighted by atomic mass is 10.2. The number of ether oxygens (including phenoxy) is 1. The predicted molar refractivity (Wildman–Crippen MR) is 93.2 cm³/mol. The van der Waals surface area contributed by atoms with Gasteiger partial charge in [0.2, 0.25) is 0 Å². The number of benzene rings is 1. The standard InChI is InChI=1S/C16H17ClN2O3S/c1-4-7-19-15(21)12-6-5-11(17)8-13(12)18-16(19)23-9-14(20)22-10(2)3/h4-6,8,10H,1,7,9H2,2-3H3. The Balaban J connectivity index is 2.40. The van der Waals surface area contributed by atoms with Gasteiger partial charge in [-0.15, -0.1) is 6.58 Å². The van der Waals surface area contributed by atoms with Crippen LogP contribution in [0.25, 0.3) is 10.9 Å². The van der Waals surface area contributed by atoms with Crippen LogP contribution in [0.4, 0.5) is 0 Å². The van der Waals surface area contributed by atoms with Crippen molar-refractivity contribution >= 4 is 40.2 Å². The highest BCUT2D eigenvalue weighted by Crippen LogP contribution is 2.20. The summed E-state index contributed by atoms with van der Waals surface area (Å²) in [6, 6.07) is 4.93. The Morgan fingerprint density at radius 1 is 1.52 bits per heavy atom. The van der Waals surface area contributed by atoms with Gasteiger partial charge < -0.3 is 4.74 Å². The van der Waals surface area contributed by atoms with Gasteiger partial charge in [-0.2, -0.15) is 0 Å². The molecule has 1 heterocycles. The quantitative estimate of drug-likeness (QED) is 0.345. The van der Waals surface area contributed by atoms with Crippen molar-refractivity contribution in [2.24, 2.45) is 0 Å². The van der Waals surface area contributed by atoms with E-state index in [1.807, 2.05) is 0 Å². The minimum Gasteiger partial charge on any atom is -0.462 e. The van der Waals surface area contributed by atoms with Gasteiger partial charge in [0, 0.05) is 11.6 Å². The normalized spacial score (nSPS) is 11.0. The molecule has 0 N–H and O–H groups in total. The second kappa shape index (κ2) is 7.66. The molecule has 0 aliphatic rings. The van der Waals surface area contributed by atoms with Crippen LogP contribution in [0.15, 0.2) is 40.8 Å². The lowest BCUT2D eigenvalue weighted by Crippen LogP contribution is -2.23. The summed E-state index contributed by atoms with van der Waals surface area (Å²) in [5.74, 6) is -0.274. The van der Waals surface area contributed by atoms with E-state index in [-0.39, 0.29) is 23.4 Å². The minimum atomic E-state index is -0.351. The Kier molecular flexibility index (Phi) is 5.85. The van der Waals surface area contributed by atoms with Gasteiger partial charge in [-0.05, 0) is 32.0 Å². The number of rotatable bonds is 6. The van der Waals surface area contributed by atoms with Gasteiger partial charge in [-0.3, -0.25) is 14.2 Å². The van der Waals surface area contributed by atoms with Crippen molar-refractivity contribution < 1.29 is 9.53 Å². The molecule has 7 heteroatoms. The SMILES string of the molecule is C=CCn1c(SCC(=O)OC(C)C)nc2cc(Cl)ccc2c1=O. The zero-order valence-corrected chi connectivity index (χ0v) is 14.5. The summed E-state index contributed by atoms with van der Waals surface area (Å²) >= 11 is 7.12. The Morgan fingerprint density at radius 2 is 2.26 bits per heavy atom. The van der Waals surface area contributed by atoms with E-state index in [4.69, 9.17) is 16.3 Å². The molecule has 1 aromatic carbocycles. The smallest absolute Gasteiger partial charge is 0.316 e. The fourth-order valence-corrected chi connectivity index (χ4v) is 2.95. The number of hydrogen-bond acceptors (Lipinski definition) is 5. The molecule has 2 aromatic rings. The first-order chi connectivity index (χ1) is 10.9. The average molecular weight is 353 g/mol. The van der Waals surface area contributed by atoms with E-state index in [2.05, 4.69) is 11.6 Å². The molecule has 0 unspecified atom stereocenters. The summed E-state index contributed by atoms with van der Waals surface area (Å²) in [4.78, 5) is 28.7. The van der Waals surface area contributed by atoms with Gasteiger partial charge in [0.25, 0.3) is 5.56 Å². The maximum atomic E-state index is 12.6. The number of esters is 1. The van der Waals surface area contributed by atoms with Crippen LogP contribution in [0.3, 0.4) is 0 Å². The fraction of sp³-hybridized carbons (Fsp3) is 0.312. The van der Waals surface area contributed by atoms with Crippen molar-refractivity contribution in [3.63, 3.8) is 0 Å². The number of carbonyl (C=O) groups excluding carboxylic acids is 1. The van der Waals surface area contributed by atoms with Crippen LogP contribution in [-0.2, 0) is 16.1 Å². The third-order valence-corrected chi connectivity index (χ3v) is 4.07. The van der Waals surface area contributed by atoms with E-state index < -0.39 is 0 Å². The van der Waals surface area contributed by atoms with E-state index in [9.17, 15) is 9.59 Å². The van der Waals surface area contributed by atoms with Gasteiger partial charge in [0.05, 0.1) is 22.8 Å². The van der Waals surface area contributed by atoms with E-state index in [0.29, 0.717) is 27.6 Å². The lowest BCUT2D eigenvalue weighted by molar-refractivity contribution is -0.144. The molecular formula is C16H17ClN2O3S. The minimum absolute atomic E-state index is 0.0772. The highest BCUT2D eigenvalue weighted by molar-refractivity contribution is 7.99. The molecule has 0 atom stereocenters. The van der Waals surface area contributed by atoms with Crippen LogP contribution in [0, 0.1) is 0 Å². The summed E-state index contributed by atoms with van der Waals surface area (Å²) in [5.41, 5.74) is 0.314. The summed E-state index contributed by atoms with van der Waals surface area (Å²) in [6.07, 6.45) is 1.43. The number of halogens is 1. The van der Waals surface area contributed by atoms with Crippen LogP contribution in [0.5, 0.6) is 0 Å². The molecular weight excluding hydrogens is 336 g/mol. The maximum absolute atomic E-state index is 12.6. The first kappa shape index (κ1) is 17.6. The first-order valence-electron chi connectivity index (χ1n) is 7.05.